The molecule has 1 fully saturated rings. The van der Waals surface area contributed by atoms with Crippen LogP contribution in [-0.2, 0) is 4.79 Å². The standard InChI is InChI=1S/C9H16N2O/c1-3-7(2)11-9(12)8-5-4-6-10-8/h3,7-8,10H,1,4-6H2,2H3,(H,11,12). The Morgan fingerprint density at radius 2 is 2.58 bits per heavy atom. The summed E-state index contributed by atoms with van der Waals surface area (Å²) in [6.45, 7) is 6.48. The van der Waals surface area contributed by atoms with Crippen LogP contribution in [0.1, 0.15) is 19.8 Å². The monoisotopic (exact) mass is 168 g/mol. The highest BCUT2D eigenvalue weighted by Crippen LogP contribution is 2.04. The zero-order chi connectivity index (χ0) is 8.97. The van der Waals surface area contributed by atoms with Gasteiger partial charge in [0.15, 0.2) is 0 Å². The normalized spacial score (nSPS) is 24.9. The molecule has 0 bridgehead atoms. The average molecular weight is 168 g/mol. The smallest absolute Gasteiger partial charge is 0.237 e. The Bertz CT molecular complexity index is 173. The predicted octanol–water partition coefficient (Wildman–Crippen LogP) is 0.429. The third kappa shape index (κ3) is 2.34. The van der Waals surface area contributed by atoms with Gasteiger partial charge in [0, 0.05) is 6.04 Å². The number of rotatable bonds is 3. The molecular formula is C9H16N2O. The number of carbonyl (C=O) groups excluding carboxylic acids is 1. The van der Waals surface area contributed by atoms with Gasteiger partial charge in [-0.15, -0.1) is 6.58 Å². The summed E-state index contributed by atoms with van der Waals surface area (Å²) in [7, 11) is 0. The lowest BCUT2D eigenvalue weighted by atomic mass is 10.2. The summed E-state index contributed by atoms with van der Waals surface area (Å²) in [5.74, 6) is 0.0971. The van der Waals surface area contributed by atoms with Gasteiger partial charge in [-0.1, -0.05) is 6.08 Å². The van der Waals surface area contributed by atoms with E-state index in [4.69, 9.17) is 0 Å². The van der Waals surface area contributed by atoms with Crippen molar-refractivity contribution in [2.24, 2.45) is 0 Å². The van der Waals surface area contributed by atoms with E-state index in [1.54, 1.807) is 6.08 Å². The van der Waals surface area contributed by atoms with Crippen LogP contribution in [0, 0.1) is 0 Å². The quantitative estimate of drug-likeness (QED) is 0.600. The Morgan fingerprint density at radius 3 is 3.08 bits per heavy atom. The second-order valence-electron chi connectivity index (χ2n) is 3.18. The Morgan fingerprint density at radius 1 is 1.83 bits per heavy atom. The fraction of sp³-hybridized carbons (Fsp3) is 0.667. The molecule has 0 aliphatic carbocycles. The molecule has 0 spiro atoms. The Labute approximate surface area is 73.2 Å². The van der Waals surface area contributed by atoms with E-state index in [0.29, 0.717) is 0 Å². The van der Waals surface area contributed by atoms with Crippen LogP contribution in [0.5, 0.6) is 0 Å². The fourth-order valence-corrected chi connectivity index (χ4v) is 1.29. The van der Waals surface area contributed by atoms with E-state index in [-0.39, 0.29) is 18.0 Å². The lowest BCUT2D eigenvalue weighted by Gasteiger charge is -2.13. The highest BCUT2D eigenvalue weighted by Gasteiger charge is 2.21. The van der Waals surface area contributed by atoms with Gasteiger partial charge in [0.1, 0.15) is 0 Å². The molecule has 1 aliphatic rings. The van der Waals surface area contributed by atoms with Gasteiger partial charge < -0.3 is 10.6 Å². The summed E-state index contributed by atoms with van der Waals surface area (Å²) in [4.78, 5) is 11.4. The van der Waals surface area contributed by atoms with E-state index in [0.717, 1.165) is 19.4 Å². The molecule has 1 rings (SSSR count). The number of hydrogen-bond acceptors (Lipinski definition) is 2. The maximum absolute atomic E-state index is 11.4. The first kappa shape index (κ1) is 9.26. The third-order valence-corrected chi connectivity index (χ3v) is 2.10. The topological polar surface area (TPSA) is 41.1 Å². The molecule has 2 unspecified atom stereocenters. The van der Waals surface area contributed by atoms with Gasteiger partial charge in [0.25, 0.3) is 0 Å². The van der Waals surface area contributed by atoms with E-state index >= 15 is 0 Å². The summed E-state index contributed by atoms with van der Waals surface area (Å²) in [5.41, 5.74) is 0. The van der Waals surface area contributed by atoms with Crippen molar-refractivity contribution in [2.45, 2.75) is 31.8 Å². The molecule has 3 heteroatoms. The second-order valence-corrected chi connectivity index (χ2v) is 3.18. The molecule has 0 saturated carbocycles. The van der Waals surface area contributed by atoms with E-state index in [9.17, 15) is 4.79 Å². The fourth-order valence-electron chi connectivity index (χ4n) is 1.29. The molecule has 1 aliphatic heterocycles. The van der Waals surface area contributed by atoms with Gasteiger partial charge in [-0.3, -0.25) is 4.79 Å². The van der Waals surface area contributed by atoms with Crippen molar-refractivity contribution in [1.29, 1.82) is 0 Å². The molecule has 1 heterocycles. The molecule has 68 valence electrons. The zero-order valence-electron chi connectivity index (χ0n) is 7.47. The van der Waals surface area contributed by atoms with Gasteiger partial charge in [0.2, 0.25) is 5.91 Å². The average Bonchev–Trinajstić information content (AvgIpc) is 2.56. The first-order chi connectivity index (χ1) is 5.74. The largest absolute Gasteiger partial charge is 0.349 e. The molecule has 3 nitrogen and oxygen atoms in total. The number of amides is 1. The Hall–Kier alpha value is -0.830. The zero-order valence-corrected chi connectivity index (χ0v) is 7.47. The van der Waals surface area contributed by atoms with Crippen molar-refractivity contribution < 1.29 is 4.79 Å². The Kier molecular flexibility index (Phi) is 3.29. The van der Waals surface area contributed by atoms with Crippen molar-refractivity contribution in [1.82, 2.24) is 10.6 Å². The van der Waals surface area contributed by atoms with Crippen LogP contribution in [0.3, 0.4) is 0 Å². The Balaban J connectivity index is 2.31. The van der Waals surface area contributed by atoms with Gasteiger partial charge in [-0.05, 0) is 26.3 Å². The highest BCUT2D eigenvalue weighted by atomic mass is 16.2. The first-order valence-corrected chi connectivity index (χ1v) is 4.40. The van der Waals surface area contributed by atoms with E-state index in [1.165, 1.54) is 0 Å². The molecule has 1 saturated heterocycles. The van der Waals surface area contributed by atoms with Gasteiger partial charge in [-0.2, -0.15) is 0 Å². The minimum Gasteiger partial charge on any atom is -0.349 e. The van der Waals surface area contributed by atoms with Crippen molar-refractivity contribution >= 4 is 5.91 Å². The summed E-state index contributed by atoms with van der Waals surface area (Å²) in [5, 5.41) is 5.99. The van der Waals surface area contributed by atoms with Crippen LogP contribution in [0.25, 0.3) is 0 Å². The third-order valence-electron chi connectivity index (χ3n) is 2.10. The maximum atomic E-state index is 11.4. The van der Waals surface area contributed by atoms with Crippen molar-refractivity contribution in [3.63, 3.8) is 0 Å². The van der Waals surface area contributed by atoms with Crippen LogP contribution in [0.2, 0.25) is 0 Å². The molecule has 1 amide bonds. The summed E-state index contributed by atoms with van der Waals surface area (Å²) < 4.78 is 0. The van der Waals surface area contributed by atoms with Gasteiger partial charge in [-0.25, -0.2) is 0 Å². The second kappa shape index (κ2) is 4.26. The lowest BCUT2D eigenvalue weighted by Crippen LogP contribution is -2.43. The molecule has 2 atom stereocenters. The molecule has 0 aromatic heterocycles. The number of hydrogen-bond donors (Lipinski definition) is 2. The highest BCUT2D eigenvalue weighted by molar-refractivity contribution is 5.82. The number of nitrogens with one attached hydrogen (secondary N) is 2. The van der Waals surface area contributed by atoms with Crippen molar-refractivity contribution in [3.05, 3.63) is 12.7 Å². The molecular weight excluding hydrogens is 152 g/mol. The van der Waals surface area contributed by atoms with Gasteiger partial charge >= 0.3 is 0 Å². The molecule has 0 radical (unpaired) electrons. The lowest BCUT2D eigenvalue weighted by molar-refractivity contribution is -0.123. The predicted molar refractivity (Wildman–Crippen MR) is 48.8 cm³/mol. The SMILES string of the molecule is C=CC(C)NC(=O)C1CCCN1. The van der Waals surface area contributed by atoms with Crippen LogP contribution < -0.4 is 10.6 Å². The maximum Gasteiger partial charge on any atom is 0.237 e. The van der Waals surface area contributed by atoms with Crippen molar-refractivity contribution in [2.75, 3.05) is 6.54 Å². The summed E-state index contributed by atoms with van der Waals surface area (Å²) >= 11 is 0. The van der Waals surface area contributed by atoms with Crippen LogP contribution in [-0.4, -0.2) is 24.5 Å². The van der Waals surface area contributed by atoms with Crippen LogP contribution in [0.4, 0.5) is 0 Å². The van der Waals surface area contributed by atoms with E-state index < -0.39 is 0 Å². The molecule has 2 N–H and O–H groups in total. The molecule has 0 aromatic rings. The van der Waals surface area contributed by atoms with Crippen LogP contribution in [0.15, 0.2) is 12.7 Å². The van der Waals surface area contributed by atoms with Crippen LogP contribution >= 0.6 is 0 Å². The molecule has 0 aromatic carbocycles. The van der Waals surface area contributed by atoms with E-state index in [1.807, 2.05) is 6.92 Å². The first-order valence-electron chi connectivity index (χ1n) is 4.40. The van der Waals surface area contributed by atoms with Gasteiger partial charge in [0.05, 0.1) is 6.04 Å². The van der Waals surface area contributed by atoms with E-state index in [2.05, 4.69) is 17.2 Å². The summed E-state index contributed by atoms with van der Waals surface area (Å²) in [6.07, 6.45) is 3.78. The minimum absolute atomic E-state index is 0.0207. The molecule has 12 heavy (non-hydrogen) atoms. The van der Waals surface area contributed by atoms with Crippen molar-refractivity contribution in [3.8, 4) is 0 Å². The minimum atomic E-state index is 0.0207. The summed E-state index contributed by atoms with van der Waals surface area (Å²) in [6, 6.07) is 0.0901. The number of carbonyl (C=O) groups is 1.